The van der Waals surface area contributed by atoms with Gasteiger partial charge in [0, 0.05) is 5.57 Å². The third-order valence-electron chi connectivity index (χ3n) is 2.81. The molecule has 0 radical (unpaired) electrons. The monoisotopic (exact) mass is 230 g/mol. The van der Waals surface area contributed by atoms with E-state index < -0.39 is 11.9 Å². The molecular weight excluding hydrogens is 216 g/mol. The molecule has 1 aliphatic carbocycles. The lowest BCUT2D eigenvalue weighted by molar-refractivity contribution is -0.139. The van der Waals surface area contributed by atoms with Crippen LogP contribution in [0, 0.1) is 5.92 Å². The SMILES string of the molecule is COC1=CCC(C(=O)O)C=C1c1ccccc1. The molecule has 3 nitrogen and oxygen atoms in total. The average molecular weight is 230 g/mol. The Bertz CT molecular complexity index is 472. The smallest absolute Gasteiger partial charge is 0.310 e. The van der Waals surface area contributed by atoms with E-state index in [9.17, 15) is 4.79 Å². The molecule has 0 aliphatic heterocycles. The van der Waals surface area contributed by atoms with Crippen molar-refractivity contribution in [3.63, 3.8) is 0 Å². The van der Waals surface area contributed by atoms with E-state index in [0.717, 1.165) is 16.9 Å². The highest BCUT2D eigenvalue weighted by atomic mass is 16.5. The second-order valence-electron chi connectivity index (χ2n) is 3.90. The fourth-order valence-corrected chi connectivity index (χ4v) is 1.92. The van der Waals surface area contributed by atoms with Crippen LogP contribution in [0.25, 0.3) is 5.57 Å². The van der Waals surface area contributed by atoms with Gasteiger partial charge >= 0.3 is 5.97 Å². The Balaban J connectivity index is 2.39. The number of carboxylic acid groups (broad SMARTS) is 1. The van der Waals surface area contributed by atoms with Gasteiger partial charge in [-0.05, 0) is 18.1 Å². The predicted molar refractivity (Wildman–Crippen MR) is 65.3 cm³/mol. The fourth-order valence-electron chi connectivity index (χ4n) is 1.92. The zero-order chi connectivity index (χ0) is 12.3. The summed E-state index contributed by atoms with van der Waals surface area (Å²) in [6.07, 6.45) is 4.08. The maximum Gasteiger partial charge on any atom is 0.310 e. The van der Waals surface area contributed by atoms with Crippen molar-refractivity contribution in [1.82, 2.24) is 0 Å². The molecule has 1 aliphatic rings. The first-order valence-electron chi connectivity index (χ1n) is 5.47. The number of carbonyl (C=O) groups is 1. The van der Waals surface area contributed by atoms with Crippen LogP contribution in [0.5, 0.6) is 0 Å². The number of hydrogen-bond acceptors (Lipinski definition) is 2. The second kappa shape index (κ2) is 4.87. The minimum Gasteiger partial charge on any atom is -0.496 e. The normalized spacial score (nSPS) is 19.2. The molecule has 0 bridgehead atoms. The van der Waals surface area contributed by atoms with Crippen molar-refractivity contribution in [3.8, 4) is 0 Å². The molecule has 0 spiro atoms. The highest BCUT2D eigenvalue weighted by Crippen LogP contribution is 2.31. The topological polar surface area (TPSA) is 46.5 Å². The standard InChI is InChI=1S/C14H14O3/c1-17-13-8-7-11(14(15)16)9-12(13)10-5-3-2-4-6-10/h2-6,8-9,11H,7H2,1H3,(H,15,16). The van der Waals surface area contributed by atoms with Crippen LogP contribution in [0.4, 0.5) is 0 Å². The summed E-state index contributed by atoms with van der Waals surface area (Å²) in [6, 6.07) is 9.67. The van der Waals surface area contributed by atoms with Crippen LogP contribution in [0.15, 0.2) is 48.2 Å². The van der Waals surface area contributed by atoms with Gasteiger partial charge in [0.25, 0.3) is 0 Å². The van der Waals surface area contributed by atoms with E-state index in [0.29, 0.717) is 6.42 Å². The molecule has 0 saturated heterocycles. The molecule has 1 aromatic rings. The van der Waals surface area contributed by atoms with Crippen LogP contribution in [0.1, 0.15) is 12.0 Å². The van der Waals surface area contributed by atoms with E-state index >= 15 is 0 Å². The van der Waals surface area contributed by atoms with Crippen molar-refractivity contribution in [1.29, 1.82) is 0 Å². The van der Waals surface area contributed by atoms with Crippen LogP contribution in [0.3, 0.4) is 0 Å². The summed E-state index contributed by atoms with van der Waals surface area (Å²) in [7, 11) is 1.60. The number of ether oxygens (including phenoxy) is 1. The van der Waals surface area contributed by atoms with Gasteiger partial charge in [-0.3, -0.25) is 4.79 Å². The van der Waals surface area contributed by atoms with Crippen LogP contribution in [-0.4, -0.2) is 18.2 Å². The average Bonchev–Trinajstić information content (AvgIpc) is 2.39. The largest absolute Gasteiger partial charge is 0.496 e. The lowest BCUT2D eigenvalue weighted by Crippen LogP contribution is -2.14. The molecule has 0 fully saturated rings. The van der Waals surface area contributed by atoms with Gasteiger partial charge < -0.3 is 9.84 Å². The Labute approximate surface area is 100 Å². The molecule has 17 heavy (non-hydrogen) atoms. The van der Waals surface area contributed by atoms with Crippen LogP contribution in [-0.2, 0) is 9.53 Å². The van der Waals surface area contributed by atoms with Gasteiger partial charge in [0.05, 0.1) is 13.0 Å². The molecule has 0 saturated carbocycles. The molecular formula is C14H14O3. The van der Waals surface area contributed by atoms with E-state index in [1.807, 2.05) is 36.4 Å². The fraction of sp³-hybridized carbons (Fsp3) is 0.214. The maximum atomic E-state index is 11.0. The van der Waals surface area contributed by atoms with Crippen molar-refractivity contribution in [2.75, 3.05) is 7.11 Å². The van der Waals surface area contributed by atoms with Gasteiger partial charge in [0.1, 0.15) is 5.76 Å². The van der Waals surface area contributed by atoms with Crippen molar-refractivity contribution in [2.45, 2.75) is 6.42 Å². The highest BCUT2D eigenvalue weighted by molar-refractivity contribution is 5.84. The Morgan fingerprint density at radius 1 is 1.35 bits per heavy atom. The molecule has 0 aromatic heterocycles. The molecule has 2 rings (SSSR count). The summed E-state index contributed by atoms with van der Waals surface area (Å²) in [4.78, 5) is 11.0. The summed E-state index contributed by atoms with van der Waals surface area (Å²) >= 11 is 0. The number of methoxy groups -OCH3 is 1. The van der Waals surface area contributed by atoms with Crippen molar-refractivity contribution < 1.29 is 14.6 Å². The third-order valence-corrected chi connectivity index (χ3v) is 2.81. The van der Waals surface area contributed by atoms with E-state index in [1.165, 1.54) is 0 Å². The minimum atomic E-state index is -0.801. The molecule has 88 valence electrons. The number of allylic oxidation sites excluding steroid dienone is 2. The number of carboxylic acids is 1. The Hall–Kier alpha value is -2.03. The number of rotatable bonds is 3. The lowest BCUT2D eigenvalue weighted by atomic mass is 9.91. The first-order chi connectivity index (χ1) is 8.22. The molecule has 1 aromatic carbocycles. The summed E-state index contributed by atoms with van der Waals surface area (Å²) in [5.74, 6) is -0.525. The first kappa shape index (κ1) is 11.5. The quantitative estimate of drug-likeness (QED) is 0.868. The van der Waals surface area contributed by atoms with Crippen LogP contribution in [0.2, 0.25) is 0 Å². The molecule has 0 amide bonds. The summed E-state index contributed by atoms with van der Waals surface area (Å²) in [5.41, 5.74) is 1.83. The molecule has 0 heterocycles. The molecule has 1 unspecified atom stereocenters. The number of hydrogen-bond donors (Lipinski definition) is 1. The Morgan fingerprint density at radius 3 is 2.65 bits per heavy atom. The van der Waals surface area contributed by atoms with Gasteiger partial charge in [0.15, 0.2) is 0 Å². The second-order valence-corrected chi connectivity index (χ2v) is 3.90. The Morgan fingerprint density at radius 2 is 2.06 bits per heavy atom. The lowest BCUT2D eigenvalue weighted by Gasteiger charge is -2.19. The summed E-state index contributed by atoms with van der Waals surface area (Å²) < 4.78 is 5.29. The third kappa shape index (κ3) is 2.38. The number of aliphatic carboxylic acids is 1. The van der Waals surface area contributed by atoms with Gasteiger partial charge in [-0.2, -0.15) is 0 Å². The van der Waals surface area contributed by atoms with Gasteiger partial charge in [0.2, 0.25) is 0 Å². The van der Waals surface area contributed by atoms with Crippen LogP contribution >= 0.6 is 0 Å². The predicted octanol–water partition coefficient (Wildman–Crippen LogP) is 2.70. The molecule has 1 atom stereocenters. The summed E-state index contributed by atoms with van der Waals surface area (Å²) in [5, 5.41) is 9.05. The minimum absolute atomic E-state index is 0.468. The van der Waals surface area contributed by atoms with Crippen molar-refractivity contribution in [3.05, 3.63) is 53.8 Å². The van der Waals surface area contributed by atoms with Gasteiger partial charge in [-0.25, -0.2) is 0 Å². The summed E-state index contributed by atoms with van der Waals surface area (Å²) in [6.45, 7) is 0. The first-order valence-corrected chi connectivity index (χ1v) is 5.47. The van der Waals surface area contributed by atoms with Gasteiger partial charge in [-0.15, -0.1) is 0 Å². The van der Waals surface area contributed by atoms with E-state index in [-0.39, 0.29) is 0 Å². The highest BCUT2D eigenvalue weighted by Gasteiger charge is 2.22. The van der Waals surface area contributed by atoms with Crippen molar-refractivity contribution >= 4 is 11.5 Å². The van der Waals surface area contributed by atoms with E-state index in [1.54, 1.807) is 13.2 Å². The zero-order valence-electron chi connectivity index (χ0n) is 9.59. The maximum absolute atomic E-state index is 11.0. The van der Waals surface area contributed by atoms with Crippen molar-refractivity contribution in [2.24, 2.45) is 5.92 Å². The van der Waals surface area contributed by atoms with Crippen LogP contribution < -0.4 is 0 Å². The molecule has 3 heteroatoms. The molecule has 1 N–H and O–H groups in total. The van der Waals surface area contributed by atoms with E-state index in [4.69, 9.17) is 9.84 Å². The van der Waals surface area contributed by atoms with E-state index in [2.05, 4.69) is 0 Å². The zero-order valence-corrected chi connectivity index (χ0v) is 9.59. The number of benzene rings is 1. The van der Waals surface area contributed by atoms with Gasteiger partial charge in [-0.1, -0.05) is 36.4 Å². The Kier molecular flexibility index (Phi) is 3.28.